The van der Waals surface area contributed by atoms with Gasteiger partial charge in [-0.15, -0.1) is 0 Å². The molecule has 2 aromatic rings. The minimum Gasteiger partial charge on any atom is -0.372 e. The molecule has 0 aliphatic rings. The van der Waals surface area contributed by atoms with Crippen molar-refractivity contribution in [2.24, 2.45) is 0 Å². The van der Waals surface area contributed by atoms with Gasteiger partial charge in [0.05, 0.1) is 0 Å². The van der Waals surface area contributed by atoms with Crippen molar-refractivity contribution in [1.82, 2.24) is 4.98 Å². The molecule has 0 spiro atoms. The van der Waals surface area contributed by atoms with Crippen molar-refractivity contribution in [2.75, 3.05) is 18.0 Å². The number of benzene rings is 1. The molecule has 2 rings (SSSR count). The van der Waals surface area contributed by atoms with Crippen molar-refractivity contribution in [2.45, 2.75) is 40.0 Å². The first-order valence-electron chi connectivity index (χ1n) is 7.39. The summed E-state index contributed by atoms with van der Waals surface area (Å²) < 4.78 is 14.2. The molecule has 1 aromatic carbocycles. The van der Waals surface area contributed by atoms with Crippen molar-refractivity contribution in [3.8, 4) is 11.3 Å². The highest BCUT2D eigenvalue weighted by molar-refractivity contribution is 7.10. The van der Waals surface area contributed by atoms with Crippen LogP contribution < -0.4 is 4.90 Å². The topological polar surface area (TPSA) is 16.1 Å². The maximum Gasteiger partial charge on any atom is 0.204 e. The molecule has 0 atom stereocenters. The molecule has 0 radical (unpaired) electrons. The number of halogens is 1. The summed E-state index contributed by atoms with van der Waals surface area (Å²) in [7, 11) is 0. The summed E-state index contributed by atoms with van der Waals surface area (Å²) >= 11 is 1.15. The summed E-state index contributed by atoms with van der Waals surface area (Å²) in [5.74, 6) is 0. The van der Waals surface area contributed by atoms with Crippen LogP contribution in [0.5, 0.6) is 0 Å². The van der Waals surface area contributed by atoms with Gasteiger partial charge in [0.1, 0.15) is 10.7 Å². The van der Waals surface area contributed by atoms with Crippen LogP contribution >= 0.6 is 11.3 Å². The van der Waals surface area contributed by atoms with Gasteiger partial charge in [0.15, 0.2) is 0 Å². The zero-order valence-electron chi connectivity index (χ0n) is 13.4. The van der Waals surface area contributed by atoms with E-state index in [0.717, 1.165) is 40.7 Å². The SMILES string of the molecule is CCN(CC)c1ccc(-c2nc(C(C)(C)C)sc2F)cc1. The van der Waals surface area contributed by atoms with E-state index < -0.39 is 0 Å². The molecular weight excluding hydrogens is 283 g/mol. The Bertz CT molecular complexity index is 592. The third kappa shape index (κ3) is 3.43. The van der Waals surface area contributed by atoms with E-state index in [9.17, 15) is 4.39 Å². The third-order valence-electron chi connectivity index (χ3n) is 3.50. The van der Waals surface area contributed by atoms with Crippen molar-refractivity contribution in [1.29, 1.82) is 0 Å². The first-order chi connectivity index (χ1) is 9.86. The number of nitrogens with zero attached hydrogens (tertiary/aromatic N) is 2. The van der Waals surface area contributed by atoms with Gasteiger partial charge in [0.2, 0.25) is 5.13 Å². The van der Waals surface area contributed by atoms with Gasteiger partial charge in [-0.25, -0.2) is 4.98 Å². The predicted molar refractivity (Wildman–Crippen MR) is 89.8 cm³/mol. The highest BCUT2D eigenvalue weighted by Crippen LogP contribution is 2.33. The highest BCUT2D eigenvalue weighted by Gasteiger charge is 2.22. The van der Waals surface area contributed by atoms with Crippen LogP contribution in [0.4, 0.5) is 10.1 Å². The van der Waals surface area contributed by atoms with Crippen molar-refractivity contribution < 1.29 is 4.39 Å². The van der Waals surface area contributed by atoms with E-state index in [1.165, 1.54) is 0 Å². The largest absolute Gasteiger partial charge is 0.372 e. The molecule has 0 saturated carbocycles. The van der Waals surface area contributed by atoms with E-state index in [4.69, 9.17) is 0 Å². The number of hydrogen-bond acceptors (Lipinski definition) is 3. The molecule has 0 aliphatic carbocycles. The first-order valence-corrected chi connectivity index (χ1v) is 8.20. The fourth-order valence-electron chi connectivity index (χ4n) is 2.22. The van der Waals surface area contributed by atoms with Gasteiger partial charge >= 0.3 is 0 Å². The molecule has 21 heavy (non-hydrogen) atoms. The van der Waals surface area contributed by atoms with Crippen molar-refractivity contribution in [3.63, 3.8) is 0 Å². The molecule has 2 nitrogen and oxygen atoms in total. The monoisotopic (exact) mass is 306 g/mol. The van der Waals surface area contributed by atoms with Crippen LogP contribution in [0.3, 0.4) is 0 Å². The molecule has 114 valence electrons. The normalized spacial score (nSPS) is 11.7. The van der Waals surface area contributed by atoms with Crippen LogP contribution in [-0.2, 0) is 5.41 Å². The maximum atomic E-state index is 14.2. The molecule has 1 heterocycles. The van der Waals surface area contributed by atoms with E-state index in [0.29, 0.717) is 5.69 Å². The molecule has 0 fully saturated rings. The maximum absolute atomic E-state index is 14.2. The average molecular weight is 306 g/mol. The van der Waals surface area contributed by atoms with Gasteiger partial charge < -0.3 is 4.90 Å². The molecule has 4 heteroatoms. The second kappa shape index (κ2) is 6.14. The first kappa shape index (κ1) is 16.0. The molecule has 0 bridgehead atoms. The third-order valence-corrected chi connectivity index (χ3v) is 4.77. The van der Waals surface area contributed by atoms with Crippen LogP contribution in [0.15, 0.2) is 24.3 Å². The summed E-state index contributed by atoms with van der Waals surface area (Å²) in [5.41, 5.74) is 2.35. The minimum absolute atomic E-state index is 0.120. The van der Waals surface area contributed by atoms with Gasteiger partial charge in [0.25, 0.3) is 0 Å². The molecule has 0 amide bonds. The molecule has 0 saturated heterocycles. The second-order valence-electron chi connectivity index (χ2n) is 6.11. The van der Waals surface area contributed by atoms with Gasteiger partial charge in [-0.05, 0) is 26.0 Å². The standard InChI is InChI=1S/C17H23FN2S/c1-6-20(7-2)13-10-8-12(9-11-13)14-15(18)21-16(19-14)17(3,4)5/h8-11H,6-7H2,1-5H3. The van der Waals surface area contributed by atoms with Gasteiger partial charge in [-0.3, -0.25) is 0 Å². The smallest absolute Gasteiger partial charge is 0.204 e. The van der Waals surface area contributed by atoms with Gasteiger partial charge in [-0.2, -0.15) is 4.39 Å². The van der Waals surface area contributed by atoms with Gasteiger partial charge in [-0.1, -0.05) is 44.2 Å². The van der Waals surface area contributed by atoms with Crippen molar-refractivity contribution in [3.05, 3.63) is 34.4 Å². The van der Waals surface area contributed by atoms with E-state index in [2.05, 4.69) is 44.5 Å². The summed E-state index contributed by atoms with van der Waals surface area (Å²) in [6.07, 6.45) is 0. The number of anilines is 1. The summed E-state index contributed by atoms with van der Waals surface area (Å²) in [4.78, 5) is 6.76. The van der Waals surface area contributed by atoms with Crippen LogP contribution in [0.25, 0.3) is 11.3 Å². The zero-order valence-corrected chi connectivity index (χ0v) is 14.2. The van der Waals surface area contributed by atoms with E-state index >= 15 is 0 Å². The number of rotatable bonds is 4. The Morgan fingerprint density at radius 1 is 1.10 bits per heavy atom. The van der Waals surface area contributed by atoms with Crippen molar-refractivity contribution >= 4 is 17.0 Å². The van der Waals surface area contributed by atoms with Gasteiger partial charge in [0, 0.05) is 29.8 Å². The molecule has 1 aromatic heterocycles. The molecule has 0 N–H and O–H groups in total. The lowest BCUT2D eigenvalue weighted by molar-refractivity contribution is 0.586. The fourth-order valence-corrected chi connectivity index (χ4v) is 3.09. The lowest BCUT2D eigenvalue weighted by atomic mass is 9.98. The molecular formula is C17H23FN2S. The van der Waals surface area contributed by atoms with E-state index in [1.54, 1.807) is 0 Å². The number of thiazole rings is 1. The Hall–Kier alpha value is -1.42. The lowest BCUT2D eigenvalue weighted by Gasteiger charge is -2.21. The van der Waals surface area contributed by atoms with E-state index in [-0.39, 0.29) is 10.5 Å². The Morgan fingerprint density at radius 2 is 1.67 bits per heavy atom. The summed E-state index contributed by atoms with van der Waals surface area (Å²) in [6.45, 7) is 12.4. The summed E-state index contributed by atoms with van der Waals surface area (Å²) in [5, 5.41) is 0.637. The second-order valence-corrected chi connectivity index (χ2v) is 7.06. The fraction of sp³-hybridized carbons (Fsp3) is 0.471. The minimum atomic E-state index is -0.199. The average Bonchev–Trinajstić information content (AvgIpc) is 2.83. The number of aromatic nitrogens is 1. The Morgan fingerprint density at radius 3 is 2.10 bits per heavy atom. The van der Waals surface area contributed by atoms with E-state index in [1.807, 2.05) is 24.3 Å². The van der Waals surface area contributed by atoms with Crippen LogP contribution in [-0.4, -0.2) is 18.1 Å². The zero-order chi connectivity index (χ0) is 15.6. The predicted octanol–water partition coefficient (Wildman–Crippen LogP) is 5.09. The Balaban J connectivity index is 2.33. The quantitative estimate of drug-likeness (QED) is 0.782. The Kier molecular flexibility index (Phi) is 4.67. The van der Waals surface area contributed by atoms with Crippen LogP contribution in [0.1, 0.15) is 39.6 Å². The highest BCUT2D eigenvalue weighted by atomic mass is 32.1. The van der Waals surface area contributed by atoms with Crippen LogP contribution in [0.2, 0.25) is 0 Å². The molecule has 0 aliphatic heterocycles. The Labute approximate surface area is 130 Å². The number of hydrogen-bond donors (Lipinski definition) is 0. The molecule has 0 unspecified atom stereocenters. The summed E-state index contributed by atoms with van der Waals surface area (Å²) in [6, 6.07) is 7.99. The van der Waals surface area contributed by atoms with Crippen LogP contribution in [0, 0.1) is 5.13 Å². The lowest BCUT2D eigenvalue weighted by Crippen LogP contribution is -2.21.